The van der Waals surface area contributed by atoms with E-state index in [1.54, 1.807) is 12.4 Å². The van der Waals surface area contributed by atoms with E-state index in [0.717, 1.165) is 6.29 Å². The van der Waals surface area contributed by atoms with Crippen LogP contribution in [0.2, 0.25) is 0 Å². The van der Waals surface area contributed by atoms with Gasteiger partial charge in [0.15, 0.2) is 12.5 Å². The van der Waals surface area contributed by atoms with Crippen LogP contribution in [0.15, 0.2) is 11.8 Å². The monoisotopic (exact) mass is 242 g/mol. The van der Waals surface area contributed by atoms with Crippen LogP contribution in [0.3, 0.4) is 0 Å². The van der Waals surface area contributed by atoms with Crippen LogP contribution in [-0.2, 0) is 4.79 Å². The standard InChI is InChI=1S/C8H15N2O.BF4/c1-9(2)5-8(7-11)6-10(3)4;2-1(3,4)5/h5-7H,1-4H3;/q+1;-1. The van der Waals surface area contributed by atoms with Gasteiger partial charge < -0.3 is 22.2 Å². The Balaban J connectivity index is 0. The third-order valence-corrected chi connectivity index (χ3v) is 0.951. The van der Waals surface area contributed by atoms with E-state index in [2.05, 4.69) is 0 Å². The molecule has 0 saturated carbocycles. The molecule has 0 spiro atoms. The van der Waals surface area contributed by atoms with Crippen LogP contribution in [0, 0.1) is 0 Å². The van der Waals surface area contributed by atoms with Gasteiger partial charge >= 0.3 is 7.25 Å². The summed E-state index contributed by atoms with van der Waals surface area (Å²) in [6.45, 7) is 0. The van der Waals surface area contributed by atoms with Crippen LogP contribution in [0.5, 0.6) is 0 Å². The van der Waals surface area contributed by atoms with Gasteiger partial charge in [0.2, 0.25) is 0 Å². The summed E-state index contributed by atoms with van der Waals surface area (Å²) in [5.41, 5.74) is 0.667. The highest BCUT2D eigenvalue weighted by atomic mass is 19.5. The largest absolute Gasteiger partial charge is 0.673 e. The highest BCUT2D eigenvalue weighted by Gasteiger charge is 2.20. The van der Waals surface area contributed by atoms with Crippen LogP contribution in [0.1, 0.15) is 0 Å². The number of carbonyl (C=O) groups excluding carboxylic acids is 1. The first-order chi connectivity index (χ1) is 7.06. The summed E-state index contributed by atoms with van der Waals surface area (Å²) in [6, 6.07) is 0. The molecule has 0 aliphatic carbocycles. The quantitative estimate of drug-likeness (QED) is 0.186. The van der Waals surface area contributed by atoms with Gasteiger partial charge in [-0.2, -0.15) is 0 Å². The minimum atomic E-state index is -6.00. The summed E-state index contributed by atoms with van der Waals surface area (Å²) in [4.78, 5) is 12.3. The normalized spacial score (nSPS) is 11.1. The predicted molar refractivity (Wildman–Crippen MR) is 56.2 cm³/mol. The third kappa shape index (κ3) is 23.0. The molecular weight excluding hydrogens is 227 g/mol. The zero-order chi connectivity index (χ0) is 13.4. The van der Waals surface area contributed by atoms with Crippen molar-refractivity contribution in [1.82, 2.24) is 4.90 Å². The first-order valence-corrected chi connectivity index (χ1v) is 4.28. The lowest BCUT2D eigenvalue weighted by Crippen LogP contribution is -2.08. The second-order valence-electron chi connectivity index (χ2n) is 3.30. The van der Waals surface area contributed by atoms with Crippen LogP contribution < -0.4 is 0 Å². The average molecular weight is 242 g/mol. The molecule has 0 saturated heterocycles. The molecule has 0 aromatic heterocycles. The van der Waals surface area contributed by atoms with Gasteiger partial charge in [0.25, 0.3) is 0 Å². The highest BCUT2D eigenvalue weighted by molar-refractivity contribution is 6.50. The molecule has 8 heteroatoms. The highest BCUT2D eigenvalue weighted by Crippen LogP contribution is 2.06. The zero-order valence-electron chi connectivity index (χ0n) is 9.62. The van der Waals surface area contributed by atoms with Crippen molar-refractivity contribution in [3.8, 4) is 0 Å². The van der Waals surface area contributed by atoms with E-state index < -0.39 is 7.25 Å². The maximum absolute atomic E-state index is 10.4. The SMILES string of the molecule is CN(C)/C=C(\C=O)C=[N+](C)C.F[B-](F)(F)F. The van der Waals surface area contributed by atoms with E-state index >= 15 is 0 Å². The van der Waals surface area contributed by atoms with Crippen molar-refractivity contribution in [1.29, 1.82) is 0 Å². The molecular formula is C8H15BF4N2O. The number of nitrogens with zero attached hydrogens (tertiary/aromatic N) is 2. The predicted octanol–water partition coefficient (Wildman–Crippen LogP) is 1.27. The van der Waals surface area contributed by atoms with Gasteiger partial charge in [-0.25, -0.2) is 4.58 Å². The molecule has 0 radical (unpaired) electrons. The maximum atomic E-state index is 10.4. The van der Waals surface area contributed by atoms with Gasteiger partial charge in [0.1, 0.15) is 14.1 Å². The number of aldehydes is 1. The van der Waals surface area contributed by atoms with Gasteiger partial charge in [0, 0.05) is 20.3 Å². The molecule has 0 aliphatic heterocycles. The number of hydrogen-bond acceptors (Lipinski definition) is 2. The van der Waals surface area contributed by atoms with Crippen molar-refractivity contribution < 1.29 is 26.6 Å². The number of allylic oxidation sites excluding steroid dienone is 1. The van der Waals surface area contributed by atoms with Crippen LogP contribution in [0.25, 0.3) is 0 Å². The van der Waals surface area contributed by atoms with Gasteiger partial charge in [-0.1, -0.05) is 0 Å². The van der Waals surface area contributed by atoms with E-state index in [1.165, 1.54) is 0 Å². The van der Waals surface area contributed by atoms with Gasteiger partial charge in [0.05, 0.1) is 5.57 Å². The molecule has 0 rings (SSSR count). The van der Waals surface area contributed by atoms with Crippen molar-refractivity contribution in [2.75, 3.05) is 28.2 Å². The van der Waals surface area contributed by atoms with E-state index in [0.29, 0.717) is 5.57 Å². The Labute approximate surface area is 92.2 Å². The Bertz CT molecular complexity index is 264. The first-order valence-electron chi connectivity index (χ1n) is 4.28. The van der Waals surface area contributed by atoms with Gasteiger partial charge in [-0.15, -0.1) is 0 Å². The second-order valence-corrected chi connectivity index (χ2v) is 3.30. The molecule has 0 aromatic rings. The Morgan fingerprint density at radius 1 is 1.19 bits per heavy atom. The van der Waals surface area contributed by atoms with Crippen LogP contribution >= 0.6 is 0 Å². The smallest absolute Gasteiger partial charge is 0.418 e. The Morgan fingerprint density at radius 3 is 1.75 bits per heavy atom. The van der Waals surface area contributed by atoms with E-state index in [9.17, 15) is 22.1 Å². The van der Waals surface area contributed by atoms with Gasteiger partial charge in [-0.05, 0) is 0 Å². The summed E-state index contributed by atoms with van der Waals surface area (Å²) in [7, 11) is 1.53. The molecule has 94 valence electrons. The minimum absolute atomic E-state index is 0.667. The first kappa shape index (κ1) is 17.1. The number of rotatable bonds is 3. The fourth-order valence-electron chi connectivity index (χ4n) is 0.690. The van der Waals surface area contributed by atoms with Crippen molar-refractivity contribution in [3.63, 3.8) is 0 Å². The Hall–Kier alpha value is -1.34. The molecule has 0 heterocycles. The zero-order valence-corrected chi connectivity index (χ0v) is 9.62. The number of hydrogen-bond donors (Lipinski definition) is 0. The summed E-state index contributed by atoms with van der Waals surface area (Å²) in [6.07, 6.45) is 4.38. The molecule has 0 unspecified atom stereocenters. The third-order valence-electron chi connectivity index (χ3n) is 0.951. The lowest BCUT2D eigenvalue weighted by molar-refractivity contribution is -0.458. The summed E-state index contributed by atoms with van der Waals surface area (Å²) in [5.74, 6) is 0. The molecule has 3 nitrogen and oxygen atoms in total. The minimum Gasteiger partial charge on any atom is -0.418 e. The van der Waals surface area contributed by atoms with Crippen LogP contribution in [0.4, 0.5) is 17.3 Å². The average Bonchev–Trinajstić information content (AvgIpc) is 1.97. The Kier molecular flexibility index (Phi) is 8.42. The van der Waals surface area contributed by atoms with E-state index in [-0.39, 0.29) is 0 Å². The molecule has 0 aliphatic rings. The number of halogens is 4. The second kappa shape index (κ2) is 7.89. The Morgan fingerprint density at radius 2 is 1.56 bits per heavy atom. The fourth-order valence-corrected chi connectivity index (χ4v) is 0.690. The van der Waals surface area contributed by atoms with E-state index in [1.807, 2.05) is 37.7 Å². The van der Waals surface area contributed by atoms with Crippen LogP contribution in [-0.4, -0.2) is 57.4 Å². The molecule has 16 heavy (non-hydrogen) atoms. The molecule has 0 aromatic carbocycles. The molecule has 0 N–H and O–H groups in total. The summed E-state index contributed by atoms with van der Waals surface area (Å²) < 4.78 is 40.8. The lowest BCUT2D eigenvalue weighted by atomic mass is 10.3. The van der Waals surface area contributed by atoms with Gasteiger partial charge in [-0.3, -0.25) is 4.79 Å². The number of carbonyl (C=O) groups is 1. The molecule has 0 atom stereocenters. The lowest BCUT2D eigenvalue weighted by Gasteiger charge is -2.02. The summed E-state index contributed by atoms with van der Waals surface area (Å²) >= 11 is 0. The molecule has 0 fully saturated rings. The van der Waals surface area contributed by atoms with Crippen molar-refractivity contribution >= 4 is 19.8 Å². The maximum Gasteiger partial charge on any atom is 0.673 e. The van der Waals surface area contributed by atoms with E-state index in [4.69, 9.17) is 0 Å². The van der Waals surface area contributed by atoms with Crippen molar-refractivity contribution in [3.05, 3.63) is 11.8 Å². The van der Waals surface area contributed by atoms with Crippen molar-refractivity contribution in [2.45, 2.75) is 0 Å². The topological polar surface area (TPSA) is 23.3 Å². The summed E-state index contributed by atoms with van der Waals surface area (Å²) in [5, 5.41) is 0. The van der Waals surface area contributed by atoms with Crippen molar-refractivity contribution in [2.24, 2.45) is 0 Å². The molecule has 0 bridgehead atoms. The molecule has 0 amide bonds. The fraction of sp³-hybridized carbons (Fsp3) is 0.500.